The van der Waals surface area contributed by atoms with Crippen molar-refractivity contribution in [2.24, 2.45) is 0 Å². The standard InChI is InChI=1S/C13H17N3O/c1-4-9(2)16-13-11-6-5-10(17-3)7-12(11)14-8-15-13/h5-9H,4H2,1-3H3,(H,14,15,16). The maximum atomic E-state index is 5.18. The molecule has 1 N–H and O–H groups in total. The fourth-order valence-electron chi connectivity index (χ4n) is 1.61. The molecule has 1 aromatic heterocycles. The third-order valence-electron chi connectivity index (χ3n) is 2.84. The highest BCUT2D eigenvalue weighted by Crippen LogP contribution is 2.24. The number of aromatic nitrogens is 2. The topological polar surface area (TPSA) is 47.0 Å². The van der Waals surface area contributed by atoms with Crippen LogP contribution in [0.3, 0.4) is 0 Å². The van der Waals surface area contributed by atoms with Crippen molar-refractivity contribution in [3.63, 3.8) is 0 Å². The van der Waals surface area contributed by atoms with Gasteiger partial charge in [0, 0.05) is 17.5 Å². The van der Waals surface area contributed by atoms with E-state index in [1.807, 2.05) is 18.2 Å². The molecule has 0 aliphatic rings. The van der Waals surface area contributed by atoms with E-state index in [1.165, 1.54) is 0 Å². The highest BCUT2D eigenvalue weighted by atomic mass is 16.5. The zero-order valence-corrected chi connectivity index (χ0v) is 10.4. The van der Waals surface area contributed by atoms with E-state index in [-0.39, 0.29) is 0 Å². The average molecular weight is 231 g/mol. The molecule has 2 rings (SSSR count). The number of hydrogen-bond acceptors (Lipinski definition) is 4. The van der Waals surface area contributed by atoms with Crippen LogP contribution in [-0.4, -0.2) is 23.1 Å². The monoisotopic (exact) mass is 231 g/mol. The summed E-state index contributed by atoms with van der Waals surface area (Å²) < 4.78 is 5.18. The molecule has 1 heterocycles. The fraction of sp³-hybridized carbons (Fsp3) is 0.385. The van der Waals surface area contributed by atoms with Gasteiger partial charge in [-0.05, 0) is 25.5 Å². The van der Waals surface area contributed by atoms with Gasteiger partial charge in [0.15, 0.2) is 0 Å². The highest BCUT2D eigenvalue weighted by Gasteiger charge is 2.06. The van der Waals surface area contributed by atoms with Crippen molar-refractivity contribution in [2.75, 3.05) is 12.4 Å². The second-order valence-corrected chi connectivity index (χ2v) is 4.06. The van der Waals surface area contributed by atoms with Crippen molar-refractivity contribution >= 4 is 16.7 Å². The third-order valence-corrected chi connectivity index (χ3v) is 2.84. The van der Waals surface area contributed by atoms with Gasteiger partial charge >= 0.3 is 0 Å². The zero-order valence-electron chi connectivity index (χ0n) is 10.4. The van der Waals surface area contributed by atoms with E-state index in [0.717, 1.165) is 28.9 Å². The van der Waals surface area contributed by atoms with Crippen LogP contribution in [0.15, 0.2) is 24.5 Å². The molecule has 0 saturated heterocycles. The van der Waals surface area contributed by atoms with Crippen molar-refractivity contribution in [1.82, 2.24) is 9.97 Å². The molecule has 0 aliphatic carbocycles. The molecule has 0 fully saturated rings. The van der Waals surface area contributed by atoms with Gasteiger partial charge in [-0.25, -0.2) is 9.97 Å². The number of fused-ring (bicyclic) bond motifs is 1. The van der Waals surface area contributed by atoms with E-state index in [4.69, 9.17) is 4.74 Å². The Morgan fingerprint density at radius 3 is 2.88 bits per heavy atom. The summed E-state index contributed by atoms with van der Waals surface area (Å²) in [5.74, 6) is 1.69. The lowest BCUT2D eigenvalue weighted by molar-refractivity contribution is 0.415. The molecule has 0 aliphatic heterocycles. The third kappa shape index (κ3) is 2.46. The normalized spacial score (nSPS) is 12.4. The Bertz CT molecular complexity index is 513. The first-order valence-electron chi connectivity index (χ1n) is 5.80. The van der Waals surface area contributed by atoms with E-state index in [0.29, 0.717) is 6.04 Å². The molecule has 0 bridgehead atoms. The van der Waals surface area contributed by atoms with Gasteiger partial charge in [-0.2, -0.15) is 0 Å². The van der Waals surface area contributed by atoms with E-state index < -0.39 is 0 Å². The second kappa shape index (κ2) is 4.99. The lowest BCUT2D eigenvalue weighted by Crippen LogP contribution is -2.14. The molecular weight excluding hydrogens is 214 g/mol. The van der Waals surface area contributed by atoms with E-state index in [2.05, 4.69) is 29.1 Å². The Morgan fingerprint density at radius 2 is 2.18 bits per heavy atom. The minimum atomic E-state index is 0.398. The van der Waals surface area contributed by atoms with Gasteiger partial charge in [0.25, 0.3) is 0 Å². The van der Waals surface area contributed by atoms with Gasteiger partial charge in [-0.15, -0.1) is 0 Å². The predicted molar refractivity (Wildman–Crippen MR) is 69.5 cm³/mol. The minimum absolute atomic E-state index is 0.398. The molecule has 17 heavy (non-hydrogen) atoms. The van der Waals surface area contributed by atoms with Crippen LogP contribution in [0.4, 0.5) is 5.82 Å². The highest BCUT2D eigenvalue weighted by molar-refractivity contribution is 5.89. The number of methoxy groups -OCH3 is 1. The molecule has 4 heteroatoms. The number of ether oxygens (including phenoxy) is 1. The molecule has 1 aromatic carbocycles. The van der Waals surface area contributed by atoms with Gasteiger partial charge in [-0.1, -0.05) is 6.92 Å². The Balaban J connectivity index is 2.43. The van der Waals surface area contributed by atoms with Crippen LogP contribution in [0.25, 0.3) is 10.9 Å². The van der Waals surface area contributed by atoms with Crippen molar-refractivity contribution in [3.05, 3.63) is 24.5 Å². The maximum Gasteiger partial charge on any atom is 0.137 e. The summed E-state index contributed by atoms with van der Waals surface area (Å²) in [6.07, 6.45) is 2.63. The Morgan fingerprint density at radius 1 is 1.35 bits per heavy atom. The summed E-state index contributed by atoms with van der Waals surface area (Å²) in [7, 11) is 1.65. The minimum Gasteiger partial charge on any atom is -0.497 e. The smallest absolute Gasteiger partial charge is 0.137 e. The van der Waals surface area contributed by atoms with Crippen molar-refractivity contribution in [2.45, 2.75) is 26.3 Å². The summed E-state index contributed by atoms with van der Waals surface area (Å²) in [6, 6.07) is 6.22. The molecule has 0 spiro atoms. The molecule has 0 radical (unpaired) electrons. The van der Waals surface area contributed by atoms with Crippen LogP contribution in [0.2, 0.25) is 0 Å². The number of hydrogen-bond donors (Lipinski definition) is 1. The summed E-state index contributed by atoms with van der Waals surface area (Å²) in [5.41, 5.74) is 0.894. The van der Waals surface area contributed by atoms with Gasteiger partial charge < -0.3 is 10.1 Å². The lowest BCUT2D eigenvalue weighted by Gasteiger charge is -2.13. The van der Waals surface area contributed by atoms with E-state index in [9.17, 15) is 0 Å². The lowest BCUT2D eigenvalue weighted by atomic mass is 10.2. The predicted octanol–water partition coefficient (Wildman–Crippen LogP) is 2.85. The zero-order chi connectivity index (χ0) is 12.3. The quantitative estimate of drug-likeness (QED) is 0.879. The van der Waals surface area contributed by atoms with Crippen LogP contribution >= 0.6 is 0 Å². The Labute approximate surface area is 101 Å². The average Bonchev–Trinajstić information content (AvgIpc) is 2.38. The SMILES string of the molecule is CCC(C)Nc1ncnc2cc(OC)ccc12. The number of nitrogens with zero attached hydrogens (tertiary/aromatic N) is 2. The Hall–Kier alpha value is -1.84. The molecular formula is C13H17N3O. The van der Waals surface area contributed by atoms with Crippen molar-refractivity contribution in [1.29, 1.82) is 0 Å². The molecule has 1 atom stereocenters. The number of benzene rings is 1. The summed E-state index contributed by atoms with van der Waals surface area (Å²) in [4.78, 5) is 8.54. The first-order chi connectivity index (χ1) is 8.24. The number of rotatable bonds is 4. The van der Waals surface area contributed by atoms with E-state index >= 15 is 0 Å². The molecule has 4 nitrogen and oxygen atoms in total. The largest absolute Gasteiger partial charge is 0.497 e. The second-order valence-electron chi connectivity index (χ2n) is 4.06. The van der Waals surface area contributed by atoms with Crippen molar-refractivity contribution in [3.8, 4) is 5.75 Å². The van der Waals surface area contributed by atoms with Gasteiger partial charge in [-0.3, -0.25) is 0 Å². The summed E-state index contributed by atoms with van der Waals surface area (Å²) in [6.45, 7) is 4.28. The summed E-state index contributed by atoms with van der Waals surface area (Å²) >= 11 is 0. The maximum absolute atomic E-state index is 5.18. The first-order valence-corrected chi connectivity index (χ1v) is 5.80. The molecule has 1 unspecified atom stereocenters. The number of anilines is 1. The van der Waals surface area contributed by atoms with Crippen molar-refractivity contribution < 1.29 is 4.74 Å². The van der Waals surface area contributed by atoms with Crippen LogP contribution in [0.1, 0.15) is 20.3 Å². The molecule has 0 amide bonds. The molecule has 0 saturated carbocycles. The van der Waals surface area contributed by atoms with Crippen LogP contribution in [0.5, 0.6) is 5.75 Å². The van der Waals surface area contributed by atoms with Crippen LogP contribution < -0.4 is 10.1 Å². The van der Waals surface area contributed by atoms with Crippen LogP contribution in [-0.2, 0) is 0 Å². The fourth-order valence-corrected chi connectivity index (χ4v) is 1.61. The molecule has 90 valence electrons. The van der Waals surface area contributed by atoms with Gasteiger partial charge in [0.05, 0.1) is 12.6 Å². The van der Waals surface area contributed by atoms with E-state index in [1.54, 1.807) is 13.4 Å². The van der Waals surface area contributed by atoms with Gasteiger partial charge in [0.1, 0.15) is 17.9 Å². The van der Waals surface area contributed by atoms with Crippen LogP contribution in [0, 0.1) is 0 Å². The first kappa shape index (κ1) is 11.6. The Kier molecular flexibility index (Phi) is 3.42. The molecule has 2 aromatic rings. The van der Waals surface area contributed by atoms with Gasteiger partial charge in [0.2, 0.25) is 0 Å². The number of nitrogens with one attached hydrogen (secondary N) is 1. The summed E-state index contributed by atoms with van der Waals surface area (Å²) in [5, 5.41) is 4.40.